The fourth-order valence-electron chi connectivity index (χ4n) is 2.44. The highest BCUT2D eigenvalue weighted by Gasteiger charge is 2.33. The molecular formula is C15H26O6S. The number of carbonyl (C=O) groups excluding carboxylic acids is 1. The quantitative estimate of drug-likeness (QED) is 0.501. The van der Waals surface area contributed by atoms with Gasteiger partial charge in [0.2, 0.25) is 0 Å². The lowest BCUT2D eigenvalue weighted by Gasteiger charge is -2.29. The van der Waals surface area contributed by atoms with E-state index in [0.717, 1.165) is 25.5 Å². The second-order valence-corrected chi connectivity index (χ2v) is 6.88. The maximum Gasteiger partial charge on any atom is 0.337 e. The molecule has 0 bridgehead atoms. The van der Waals surface area contributed by atoms with Crippen molar-refractivity contribution in [3.8, 4) is 0 Å². The highest BCUT2D eigenvalue weighted by atomic mass is 32.2. The highest BCUT2D eigenvalue weighted by molar-refractivity contribution is 7.86. The van der Waals surface area contributed by atoms with Crippen molar-refractivity contribution in [3.63, 3.8) is 0 Å². The zero-order valence-electron chi connectivity index (χ0n) is 13.8. The second-order valence-electron chi connectivity index (χ2n) is 5.31. The van der Waals surface area contributed by atoms with Gasteiger partial charge in [0.05, 0.1) is 24.5 Å². The number of carbonyl (C=O) groups is 1. The monoisotopic (exact) mass is 334 g/mol. The van der Waals surface area contributed by atoms with E-state index in [9.17, 15) is 13.2 Å². The molecule has 0 radical (unpaired) electrons. The number of rotatable bonds is 8. The predicted octanol–water partition coefficient (Wildman–Crippen LogP) is 2.54. The molecule has 1 rings (SSSR count). The Morgan fingerprint density at radius 3 is 2.41 bits per heavy atom. The molecule has 0 saturated heterocycles. The summed E-state index contributed by atoms with van der Waals surface area (Å²) >= 11 is 0. The van der Waals surface area contributed by atoms with Gasteiger partial charge in [-0.2, -0.15) is 8.42 Å². The van der Waals surface area contributed by atoms with Gasteiger partial charge in [-0.1, -0.05) is 13.8 Å². The van der Waals surface area contributed by atoms with Crippen LogP contribution in [0.4, 0.5) is 0 Å². The fourth-order valence-corrected chi connectivity index (χ4v) is 2.98. The molecule has 0 amide bonds. The van der Waals surface area contributed by atoms with Gasteiger partial charge in [-0.05, 0) is 39.0 Å². The van der Waals surface area contributed by atoms with Crippen LogP contribution < -0.4 is 0 Å². The minimum Gasteiger partial charge on any atom is -0.463 e. The zero-order chi connectivity index (χ0) is 16.8. The maximum absolute atomic E-state index is 12.1. The third-order valence-electron chi connectivity index (χ3n) is 3.51. The summed E-state index contributed by atoms with van der Waals surface area (Å²) in [7, 11) is -3.73. The van der Waals surface area contributed by atoms with Crippen LogP contribution in [0.15, 0.2) is 11.3 Å². The molecule has 0 fully saturated rings. The Morgan fingerprint density at radius 1 is 1.27 bits per heavy atom. The molecule has 0 heterocycles. The lowest BCUT2D eigenvalue weighted by atomic mass is 9.95. The number of hydrogen-bond donors (Lipinski definition) is 0. The third kappa shape index (κ3) is 5.61. The van der Waals surface area contributed by atoms with Crippen molar-refractivity contribution in [2.45, 2.75) is 65.1 Å². The van der Waals surface area contributed by atoms with Crippen molar-refractivity contribution >= 4 is 16.1 Å². The molecule has 0 aliphatic heterocycles. The Labute approximate surface area is 132 Å². The summed E-state index contributed by atoms with van der Waals surface area (Å²) in [5.74, 6) is -0.432. The Balaban J connectivity index is 3.12. The first-order valence-corrected chi connectivity index (χ1v) is 9.59. The van der Waals surface area contributed by atoms with E-state index in [1.807, 2.05) is 13.8 Å². The van der Waals surface area contributed by atoms with Crippen molar-refractivity contribution < 1.29 is 26.9 Å². The average Bonchev–Trinajstić information content (AvgIpc) is 2.44. The summed E-state index contributed by atoms with van der Waals surface area (Å²) in [4.78, 5) is 12.1. The summed E-state index contributed by atoms with van der Waals surface area (Å²) in [5, 5.41) is 0. The Kier molecular flexibility index (Phi) is 7.35. The van der Waals surface area contributed by atoms with E-state index in [1.54, 1.807) is 6.92 Å². The third-order valence-corrected chi connectivity index (χ3v) is 4.00. The zero-order valence-corrected chi connectivity index (χ0v) is 14.6. The van der Waals surface area contributed by atoms with Gasteiger partial charge in [0.25, 0.3) is 0 Å². The van der Waals surface area contributed by atoms with E-state index in [4.69, 9.17) is 13.7 Å². The van der Waals surface area contributed by atoms with Gasteiger partial charge in [0, 0.05) is 0 Å². The molecule has 6 nitrogen and oxygen atoms in total. The van der Waals surface area contributed by atoms with E-state index in [2.05, 4.69) is 0 Å². The smallest absolute Gasteiger partial charge is 0.337 e. The molecule has 1 aliphatic rings. The van der Waals surface area contributed by atoms with Gasteiger partial charge < -0.3 is 13.7 Å². The SMILES string of the molecule is CCOC(=O)C1=C(OS(C)(=O)=O)C(OC(CC)CC)CCC1. The van der Waals surface area contributed by atoms with E-state index in [-0.39, 0.29) is 24.0 Å². The number of ether oxygens (including phenoxy) is 2. The minimum absolute atomic E-state index is 0.00436. The van der Waals surface area contributed by atoms with Crippen molar-refractivity contribution in [1.29, 1.82) is 0 Å². The van der Waals surface area contributed by atoms with Crippen molar-refractivity contribution in [3.05, 3.63) is 11.3 Å². The van der Waals surface area contributed by atoms with Gasteiger partial charge in [-0.3, -0.25) is 0 Å². The highest BCUT2D eigenvalue weighted by Crippen LogP contribution is 2.31. The Morgan fingerprint density at radius 2 is 1.91 bits per heavy atom. The molecule has 0 N–H and O–H groups in total. The normalized spacial score (nSPS) is 19.4. The van der Waals surface area contributed by atoms with Crippen molar-refractivity contribution in [2.24, 2.45) is 0 Å². The molecular weight excluding hydrogens is 308 g/mol. The van der Waals surface area contributed by atoms with E-state index < -0.39 is 22.2 Å². The average molecular weight is 334 g/mol. The largest absolute Gasteiger partial charge is 0.463 e. The molecule has 22 heavy (non-hydrogen) atoms. The fraction of sp³-hybridized carbons (Fsp3) is 0.800. The van der Waals surface area contributed by atoms with Gasteiger partial charge in [-0.25, -0.2) is 4.79 Å². The van der Waals surface area contributed by atoms with Crippen LogP contribution >= 0.6 is 0 Å². The van der Waals surface area contributed by atoms with Crippen LogP contribution in [0.25, 0.3) is 0 Å². The van der Waals surface area contributed by atoms with Gasteiger partial charge in [0.15, 0.2) is 5.76 Å². The lowest BCUT2D eigenvalue weighted by Crippen LogP contribution is -2.31. The molecule has 0 saturated carbocycles. The van der Waals surface area contributed by atoms with Gasteiger partial charge in [-0.15, -0.1) is 0 Å². The molecule has 7 heteroatoms. The summed E-state index contributed by atoms with van der Waals surface area (Å²) in [6.07, 6.45) is 3.87. The molecule has 1 atom stereocenters. The van der Waals surface area contributed by atoms with Crippen molar-refractivity contribution in [1.82, 2.24) is 0 Å². The lowest BCUT2D eigenvalue weighted by molar-refractivity contribution is -0.139. The van der Waals surface area contributed by atoms with Gasteiger partial charge >= 0.3 is 16.1 Å². The number of esters is 1. The molecule has 128 valence electrons. The first-order valence-electron chi connectivity index (χ1n) is 7.77. The van der Waals surface area contributed by atoms with E-state index in [1.165, 1.54) is 0 Å². The van der Waals surface area contributed by atoms with E-state index >= 15 is 0 Å². The summed E-state index contributed by atoms with van der Waals surface area (Å²) in [6, 6.07) is 0. The van der Waals surface area contributed by atoms with Crippen LogP contribution in [0.3, 0.4) is 0 Å². The molecule has 0 aromatic rings. The summed E-state index contributed by atoms with van der Waals surface area (Å²) < 4.78 is 39.1. The summed E-state index contributed by atoms with van der Waals surface area (Å²) in [5.41, 5.74) is 0.273. The molecule has 1 aliphatic carbocycles. The number of hydrogen-bond acceptors (Lipinski definition) is 6. The van der Waals surface area contributed by atoms with Crippen LogP contribution in [0.5, 0.6) is 0 Å². The van der Waals surface area contributed by atoms with Crippen molar-refractivity contribution in [2.75, 3.05) is 12.9 Å². The second kappa shape index (κ2) is 8.53. The molecule has 1 unspecified atom stereocenters. The Hall–Kier alpha value is -1.08. The molecule has 0 spiro atoms. The van der Waals surface area contributed by atoms with E-state index in [0.29, 0.717) is 12.8 Å². The standard InChI is InChI=1S/C15H26O6S/c1-5-11(6-2)20-13-10-8-9-12(15(16)19-7-3)14(13)21-22(4,17)18/h11,13H,5-10H2,1-4H3. The first kappa shape index (κ1) is 19.0. The van der Waals surface area contributed by atoms with Crippen LogP contribution in [0.2, 0.25) is 0 Å². The van der Waals surface area contributed by atoms with Crippen LogP contribution in [-0.2, 0) is 28.6 Å². The summed E-state index contributed by atoms with van der Waals surface area (Å²) in [6.45, 7) is 5.94. The first-order chi connectivity index (χ1) is 10.3. The van der Waals surface area contributed by atoms with Gasteiger partial charge in [0.1, 0.15) is 6.10 Å². The molecule has 0 aromatic heterocycles. The van der Waals surface area contributed by atoms with Crippen LogP contribution in [0.1, 0.15) is 52.9 Å². The maximum atomic E-state index is 12.1. The topological polar surface area (TPSA) is 78.9 Å². The van der Waals surface area contributed by atoms with Crippen LogP contribution in [0, 0.1) is 0 Å². The Bertz CT molecular complexity index is 504. The minimum atomic E-state index is -3.73. The van der Waals surface area contributed by atoms with Crippen LogP contribution in [-0.4, -0.2) is 39.5 Å². The molecule has 0 aromatic carbocycles. The predicted molar refractivity (Wildman–Crippen MR) is 82.7 cm³/mol.